The third-order valence-electron chi connectivity index (χ3n) is 3.24. The number of furan rings is 1. The molecular formula is C18H12F3NO3S. The van der Waals surface area contributed by atoms with Crippen molar-refractivity contribution in [2.24, 2.45) is 0 Å². The SMILES string of the molecule is O=C(Oc1ccccc1)c1ccc(CSc2ccc(C(F)(F)F)cn2)o1. The Labute approximate surface area is 151 Å². The number of alkyl halides is 3. The fraction of sp³-hybridized carbons (Fsp3) is 0.111. The van der Waals surface area contributed by atoms with Gasteiger partial charge >= 0.3 is 12.1 Å². The van der Waals surface area contributed by atoms with Crippen molar-refractivity contribution in [2.75, 3.05) is 0 Å². The Balaban J connectivity index is 1.57. The number of hydrogen-bond acceptors (Lipinski definition) is 5. The van der Waals surface area contributed by atoms with E-state index in [9.17, 15) is 18.0 Å². The van der Waals surface area contributed by atoms with Gasteiger partial charge in [0.15, 0.2) is 0 Å². The van der Waals surface area contributed by atoms with Crippen molar-refractivity contribution in [2.45, 2.75) is 17.0 Å². The van der Waals surface area contributed by atoms with E-state index in [4.69, 9.17) is 9.15 Å². The minimum absolute atomic E-state index is 0.0461. The monoisotopic (exact) mass is 379 g/mol. The number of ether oxygens (including phenoxy) is 1. The molecule has 0 amide bonds. The number of rotatable bonds is 5. The molecule has 0 aliphatic heterocycles. The number of pyridine rings is 1. The molecule has 4 nitrogen and oxygen atoms in total. The van der Waals surface area contributed by atoms with Crippen molar-refractivity contribution in [1.29, 1.82) is 0 Å². The number of benzene rings is 1. The third-order valence-corrected chi connectivity index (χ3v) is 4.21. The smallest absolute Gasteiger partial charge is 0.417 e. The van der Waals surface area contributed by atoms with Gasteiger partial charge in [0.2, 0.25) is 5.76 Å². The second-order valence-electron chi connectivity index (χ2n) is 5.14. The van der Waals surface area contributed by atoms with Gasteiger partial charge in [-0.3, -0.25) is 0 Å². The standard InChI is InChI=1S/C18H12F3NO3S/c19-18(20,21)12-6-9-16(22-10-12)26-11-14-7-8-15(24-14)17(23)25-13-4-2-1-3-5-13/h1-10H,11H2. The molecular weight excluding hydrogens is 367 g/mol. The van der Waals surface area contributed by atoms with Crippen LogP contribution in [0.25, 0.3) is 0 Å². The molecule has 0 spiro atoms. The molecule has 0 unspecified atom stereocenters. The van der Waals surface area contributed by atoms with E-state index in [1.165, 1.54) is 23.9 Å². The van der Waals surface area contributed by atoms with Crippen LogP contribution in [-0.2, 0) is 11.9 Å². The van der Waals surface area contributed by atoms with Crippen LogP contribution >= 0.6 is 11.8 Å². The lowest BCUT2D eigenvalue weighted by Crippen LogP contribution is -2.06. The van der Waals surface area contributed by atoms with Crippen LogP contribution in [0, 0.1) is 0 Å². The maximum Gasteiger partial charge on any atom is 0.417 e. The van der Waals surface area contributed by atoms with Gasteiger partial charge in [-0.05, 0) is 36.4 Å². The molecule has 3 rings (SSSR count). The highest BCUT2D eigenvalue weighted by Gasteiger charge is 2.30. The Morgan fingerprint density at radius 1 is 1.08 bits per heavy atom. The average molecular weight is 379 g/mol. The van der Waals surface area contributed by atoms with Gasteiger partial charge in [-0.1, -0.05) is 30.0 Å². The summed E-state index contributed by atoms with van der Waals surface area (Å²) in [5, 5.41) is 0.419. The Bertz CT molecular complexity index is 877. The number of carbonyl (C=O) groups excluding carboxylic acids is 1. The number of thioether (sulfide) groups is 1. The Morgan fingerprint density at radius 2 is 1.85 bits per heavy atom. The van der Waals surface area contributed by atoms with Crippen LogP contribution in [0.1, 0.15) is 21.9 Å². The Kier molecular flexibility index (Phi) is 5.32. The fourth-order valence-electron chi connectivity index (χ4n) is 1.99. The van der Waals surface area contributed by atoms with Crippen LogP contribution in [0.3, 0.4) is 0 Å². The third kappa shape index (κ3) is 4.66. The molecule has 0 N–H and O–H groups in total. The predicted molar refractivity (Wildman–Crippen MR) is 88.9 cm³/mol. The zero-order valence-corrected chi connectivity index (χ0v) is 14.0. The van der Waals surface area contributed by atoms with E-state index in [0.717, 1.165) is 12.3 Å². The van der Waals surface area contributed by atoms with E-state index < -0.39 is 17.7 Å². The molecule has 0 aliphatic carbocycles. The average Bonchev–Trinajstić information content (AvgIpc) is 3.10. The molecule has 2 heterocycles. The zero-order chi connectivity index (χ0) is 18.6. The van der Waals surface area contributed by atoms with Gasteiger partial charge in [0.25, 0.3) is 0 Å². The number of halogens is 3. The second-order valence-corrected chi connectivity index (χ2v) is 6.14. The van der Waals surface area contributed by atoms with Crippen molar-refractivity contribution in [3.63, 3.8) is 0 Å². The molecule has 0 fully saturated rings. The first-order chi connectivity index (χ1) is 12.4. The Hall–Kier alpha value is -2.74. The Morgan fingerprint density at radius 3 is 2.50 bits per heavy atom. The van der Waals surface area contributed by atoms with Gasteiger partial charge in [0.1, 0.15) is 11.5 Å². The second kappa shape index (κ2) is 7.65. The lowest BCUT2D eigenvalue weighted by molar-refractivity contribution is -0.137. The lowest BCUT2D eigenvalue weighted by atomic mass is 10.3. The molecule has 1 aromatic carbocycles. The van der Waals surface area contributed by atoms with E-state index in [1.807, 2.05) is 0 Å². The molecule has 0 atom stereocenters. The van der Waals surface area contributed by atoms with Crippen molar-refractivity contribution in [3.05, 3.63) is 77.9 Å². The van der Waals surface area contributed by atoms with Crippen LogP contribution in [0.4, 0.5) is 13.2 Å². The molecule has 0 radical (unpaired) electrons. The normalized spacial score (nSPS) is 11.3. The van der Waals surface area contributed by atoms with Gasteiger partial charge in [-0.2, -0.15) is 13.2 Å². The van der Waals surface area contributed by atoms with Crippen molar-refractivity contribution < 1.29 is 27.1 Å². The highest BCUT2D eigenvalue weighted by atomic mass is 32.2. The van der Waals surface area contributed by atoms with E-state index >= 15 is 0 Å². The quantitative estimate of drug-likeness (QED) is 0.346. The maximum absolute atomic E-state index is 12.5. The van der Waals surface area contributed by atoms with Gasteiger partial charge in [0, 0.05) is 6.20 Å². The molecule has 0 aliphatic rings. The van der Waals surface area contributed by atoms with Crippen molar-refractivity contribution in [3.8, 4) is 5.75 Å². The first kappa shape index (κ1) is 18.1. The number of carbonyl (C=O) groups is 1. The zero-order valence-electron chi connectivity index (χ0n) is 13.2. The van der Waals surface area contributed by atoms with Crippen molar-refractivity contribution >= 4 is 17.7 Å². The molecule has 3 aromatic rings. The first-order valence-electron chi connectivity index (χ1n) is 7.44. The summed E-state index contributed by atoms with van der Waals surface area (Å²) in [6.07, 6.45) is -3.63. The van der Waals surface area contributed by atoms with Gasteiger partial charge in [-0.15, -0.1) is 0 Å². The van der Waals surface area contributed by atoms with Crippen LogP contribution in [0.2, 0.25) is 0 Å². The molecule has 8 heteroatoms. The maximum atomic E-state index is 12.5. The minimum atomic E-state index is -4.41. The van der Waals surface area contributed by atoms with Crippen LogP contribution in [0.15, 0.2) is 70.2 Å². The fourth-order valence-corrected chi connectivity index (χ4v) is 2.73. The van der Waals surface area contributed by atoms with E-state index in [1.54, 1.807) is 36.4 Å². The molecule has 0 saturated heterocycles. The topological polar surface area (TPSA) is 52.3 Å². The van der Waals surface area contributed by atoms with E-state index in [2.05, 4.69) is 4.98 Å². The number of aromatic nitrogens is 1. The summed E-state index contributed by atoms with van der Waals surface area (Å²) < 4.78 is 48.1. The molecule has 26 heavy (non-hydrogen) atoms. The highest BCUT2D eigenvalue weighted by Crippen LogP contribution is 2.30. The summed E-state index contributed by atoms with van der Waals surface area (Å²) in [7, 11) is 0. The summed E-state index contributed by atoms with van der Waals surface area (Å²) in [5.41, 5.74) is -0.800. The molecule has 0 saturated carbocycles. The summed E-state index contributed by atoms with van der Waals surface area (Å²) in [6, 6.07) is 13.9. The highest BCUT2D eigenvalue weighted by molar-refractivity contribution is 7.98. The van der Waals surface area contributed by atoms with Gasteiger partial charge < -0.3 is 9.15 Å². The summed E-state index contributed by atoms with van der Waals surface area (Å²) in [4.78, 5) is 15.8. The molecule has 2 aromatic heterocycles. The minimum Gasteiger partial charge on any atom is -0.453 e. The summed E-state index contributed by atoms with van der Waals surface area (Å²) in [6.45, 7) is 0. The number of esters is 1. The number of nitrogens with zero attached hydrogens (tertiary/aromatic N) is 1. The van der Waals surface area contributed by atoms with Crippen LogP contribution in [-0.4, -0.2) is 11.0 Å². The molecule has 0 bridgehead atoms. The van der Waals surface area contributed by atoms with Gasteiger partial charge in [0.05, 0.1) is 16.3 Å². The first-order valence-corrected chi connectivity index (χ1v) is 8.42. The molecule has 134 valence electrons. The number of hydrogen-bond donors (Lipinski definition) is 0. The predicted octanol–water partition coefficient (Wildman–Crippen LogP) is 5.20. The van der Waals surface area contributed by atoms with Crippen LogP contribution < -0.4 is 4.74 Å². The largest absolute Gasteiger partial charge is 0.453 e. The van der Waals surface area contributed by atoms with Crippen molar-refractivity contribution in [1.82, 2.24) is 4.98 Å². The van der Waals surface area contributed by atoms with E-state index in [0.29, 0.717) is 22.3 Å². The summed E-state index contributed by atoms with van der Waals surface area (Å²) in [5.74, 6) is 0.622. The summed E-state index contributed by atoms with van der Waals surface area (Å²) >= 11 is 1.20. The lowest BCUT2D eigenvalue weighted by Gasteiger charge is -2.06. The van der Waals surface area contributed by atoms with Crippen LogP contribution in [0.5, 0.6) is 5.75 Å². The number of para-hydroxylation sites is 1. The van der Waals surface area contributed by atoms with Gasteiger partial charge in [-0.25, -0.2) is 9.78 Å². The van der Waals surface area contributed by atoms with E-state index in [-0.39, 0.29) is 5.76 Å².